The maximum Gasteiger partial charge on any atom is 0.320 e. The monoisotopic (exact) mass is 343 g/mol. The molecule has 2 heterocycles. The number of nitrogens with zero attached hydrogens (tertiary/aromatic N) is 2. The van der Waals surface area contributed by atoms with Gasteiger partial charge in [0.2, 0.25) is 0 Å². The minimum Gasteiger partial charge on any atom is -0.508 e. The number of pyridine rings is 1. The fraction of sp³-hybridized carbons (Fsp3) is 0.368. The van der Waals surface area contributed by atoms with Crippen LogP contribution in [-0.2, 0) is 11.2 Å². The van der Waals surface area contributed by atoms with Crippen molar-refractivity contribution in [2.45, 2.75) is 31.3 Å². The summed E-state index contributed by atoms with van der Waals surface area (Å²) in [6, 6.07) is 10.2. The summed E-state index contributed by atoms with van der Waals surface area (Å²) < 4.78 is 0. The van der Waals surface area contributed by atoms with Crippen LogP contribution in [0.1, 0.15) is 30.0 Å². The number of phenolic OH excluding ortho intramolecular Hbond substituents is 1. The number of carboxylic acid groups (broad SMARTS) is 1. The van der Waals surface area contributed by atoms with Gasteiger partial charge in [-0.2, -0.15) is 0 Å². The Morgan fingerprint density at radius 3 is 2.60 bits per heavy atom. The number of aromatic nitrogens is 1. The van der Waals surface area contributed by atoms with Gasteiger partial charge in [0.15, 0.2) is 0 Å². The van der Waals surface area contributed by atoms with E-state index in [2.05, 4.69) is 23.0 Å². The van der Waals surface area contributed by atoms with Gasteiger partial charge in [-0.1, -0.05) is 18.2 Å². The van der Waals surface area contributed by atoms with Crippen LogP contribution in [0.25, 0.3) is 0 Å². The molecule has 1 aliphatic heterocycles. The molecular weight excluding hydrogens is 318 g/mol. The summed E-state index contributed by atoms with van der Waals surface area (Å²) in [7, 11) is 2.19. The predicted octanol–water partition coefficient (Wildman–Crippen LogP) is 2.19. The van der Waals surface area contributed by atoms with E-state index in [0.29, 0.717) is 6.04 Å². The number of hydrogen-bond acceptors (Lipinski definition) is 5. The standard InChI is InChI=1S/C10H14N2.C9H11NO3/c1-12-7-3-5-10(12)9-4-2-6-11-8-9;10-8(9(12)13)5-6-1-3-7(11)4-2-6/h2,4,6,8,10H,3,5,7H2,1H3;1-4,8,11H,5,10H2,(H,12,13)/t;8-/m.0/s1. The van der Waals surface area contributed by atoms with E-state index in [1.54, 1.807) is 12.1 Å². The summed E-state index contributed by atoms with van der Waals surface area (Å²) in [6.45, 7) is 1.22. The first kappa shape index (κ1) is 18.9. The molecule has 4 N–H and O–H groups in total. The molecule has 0 saturated carbocycles. The van der Waals surface area contributed by atoms with Crippen molar-refractivity contribution in [1.29, 1.82) is 0 Å². The average molecular weight is 343 g/mol. The Hall–Kier alpha value is -2.44. The summed E-state index contributed by atoms with van der Waals surface area (Å²) in [5.41, 5.74) is 7.48. The molecule has 0 spiro atoms. The van der Waals surface area contributed by atoms with Crippen LogP contribution in [0.5, 0.6) is 5.75 Å². The number of rotatable bonds is 4. The maximum absolute atomic E-state index is 10.4. The van der Waals surface area contributed by atoms with Gasteiger partial charge in [-0.05, 0) is 62.2 Å². The molecule has 1 fully saturated rings. The normalized spacial score (nSPS) is 18.2. The van der Waals surface area contributed by atoms with Gasteiger partial charge >= 0.3 is 5.97 Å². The smallest absolute Gasteiger partial charge is 0.320 e. The van der Waals surface area contributed by atoms with Crippen LogP contribution in [0, 0.1) is 0 Å². The quantitative estimate of drug-likeness (QED) is 0.787. The summed E-state index contributed by atoms with van der Waals surface area (Å²) in [4.78, 5) is 16.9. The van der Waals surface area contributed by atoms with Gasteiger partial charge in [-0.25, -0.2) is 0 Å². The first-order chi connectivity index (χ1) is 12.0. The fourth-order valence-electron chi connectivity index (χ4n) is 2.88. The molecule has 0 bridgehead atoms. The van der Waals surface area contributed by atoms with Crippen molar-refractivity contribution in [2.24, 2.45) is 5.73 Å². The highest BCUT2D eigenvalue weighted by molar-refractivity contribution is 5.73. The SMILES string of the molecule is CN1CCCC1c1cccnc1.N[C@@H](Cc1ccc(O)cc1)C(=O)O. The Bertz CT molecular complexity index is 661. The summed E-state index contributed by atoms with van der Waals surface area (Å²) >= 11 is 0. The molecule has 1 saturated heterocycles. The second-order valence-electron chi connectivity index (χ2n) is 6.24. The Kier molecular flexibility index (Phi) is 6.91. The summed E-state index contributed by atoms with van der Waals surface area (Å²) in [5.74, 6) is -0.860. The first-order valence-electron chi connectivity index (χ1n) is 8.34. The van der Waals surface area contributed by atoms with E-state index >= 15 is 0 Å². The molecule has 0 amide bonds. The largest absolute Gasteiger partial charge is 0.508 e. The molecule has 1 unspecified atom stereocenters. The third kappa shape index (κ3) is 5.85. The number of likely N-dealkylation sites (tertiary alicyclic amines) is 1. The van der Waals surface area contributed by atoms with Gasteiger partial charge in [-0.15, -0.1) is 0 Å². The van der Waals surface area contributed by atoms with Crippen LogP contribution >= 0.6 is 0 Å². The van der Waals surface area contributed by atoms with Crippen LogP contribution < -0.4 is 5.73 Å². The van der Waals surface area contributed by atoms with Gasteiger partial charge < -0.3 is 15.9 Å². The van der Waals surface area contributed by atoms with Crippen LogP contribution in [0.3, 0.4) is 0 Å². The third-order valence-electron chi connectivity index (χ3n) is 4.30. The Morgan fingerprint density at radius 1 is 1.36 bits per heavy atom. The lowest BCUT2D eigenvalue weighted by Gasteiger charge is -2.18. The van der Waals surface area contributed by atoms with Crippen LogP contribution in [0.15, 0.2) is 48.8 Å². The number of hydrogen-bond donors (Lipinski definition) is 3. The highest BCUT2D eigenvalue weighted by Gasteiger charge is 2.21. The molecule has 3 rings (SSSR count). The van der Waals surface area contributed by atoms with Gasteiger partial charge in [0.05, 0.1) is 0 Å². The predicted molar refractivity (Wildman–Crippen MR) is 96.3 cm³/mol. The van der Waals surface area contributed by atoms with Crippen LogP contribution in [-0.4, -0.2) is 45.7 Å². The minimum atomic E-state index is -1.02. The van der Waals surface area contributed by atoms with Gasteiger partial charge in [-0.3, -0.25) is 14.7 Å². The van der Waals surface area contributed by atoms with E-state index < -0.39 is 12.0 Å². The maximum atomic E-state index is 10.4. The van der Waals surface area contributed by atoms with E-state index in [1.807, 2.05) is 18.5 Å². The average Bonchev–Trinajstić information content (AvgIpc) is 3.04. The van der Waals surface area contributed by atoms with E-state index in [4.69, 9.17) is 15.9 Å². The van der Waals surface area contributed by atoms with Crippen molar-refractivity contribution in [1.82, 2.24) is 9.88 Å². The molecular formula is C19H25N3O3. The van der Waals surface area contributed by atoms with Crippen LogP contribution in [0.2, 0.25) is 0 Å². The van der Waals surface area contributed by atoms with E-state index in [0.717, 1.165) is 5.56 Å². The van der Waals surface area contributed by atoms with Gasteiger partial charge in [0.1, 0.15) is 11.8 Å². The zero-order valence-corrected chi connectivity index (χ0v) is 14.4. The van der Waals surface area contributed by atoms with Crippen molar-refractivity contribution in [3.05, 3.63) is 59.9 Å². The number of carbonyl (C=O) groups is 1. The van der Waals surface area contributed by atoms with Gasteiger partial charge in [0.25, 0.3) is 0 Å². The second kappa shape index (κ2) is 9.15. The molecule has 2 aromatic rings. The molecule has 134 valence electrons. The summed E-state index contributed by atoms with van der Waals surface area (Å²) in [6.07, 6.45) is 6.68. The molecule has 6 nitrogen and oxygen atoms in total. The van der Waals surface area contributed by atoms with E-state index in [9.17, 15) is 4.79 Å². The molecule has 2 atom stereocenters. The van der Waals surface area contributed by atoms with Crippen molar-refractivity contribution in [3.63, 3.8) is 0 Å². The van der Waals surface area contributed by atoms with Crippen molar-refractivity contribution in [2.75, 3.05) is 13.6 Å². The third-order valence-corrected chi connectivity index (χ3v) is 4.30. The van der Waals surface area contributed by atoms with E-state index in [1.165, 1.54) is 37.1 Å². The van der Waals surface area contributed by atoms with E-state index in [-0.39, 0.29) is 12.2 Å². The Morgan fingerprint density at radius 2 is 2.08 bits per heavy atom. The molecule has 1 aromatic heterocycles. The molecule has 0 radical (unpaired) electrons. The highest BCUT2D eigenvalue weighted by atomic mass is 16.4. The highest BCUT2D eigenvalue weighted by Crippen LogP contribution is 2.29. The minimum absolute atomic E-state index is 0.160. The number of aliphatic carboxylic acids is 1. The Labute approximate surface area is 147 Å². The molecule has 1 aliphatic rings. The first-order valence-corrected chi connectivity index (χ1v) is 8.34. The fourth-order valence-corrected chi connectivity index (χ4v) is 2.88. The second-order valence-corrected chi connectivity index (χ2v) is 6.24. The number of aromatic hydroxyl groups is 1. The number of carboxylic acids is 1. The molecule has 1 aromatic carbocycles. The topological polar surface area (TPSA) is 99.7 Å². The number of benzene rings is 1. The number of nitrogens with two attached hydrogens (primary N) is 1. The van der Waals surface area contributed by atoms with Crippen molar-refractivity contribution in [3.8, 4) is 5.75 Å². The lowest BCUT2D eigenvalue weighted by molar-refractivity contribution is -0.138. The van der Waals surface area contributed by atoms with Crippen molar-refractivity contribution >= 4 is 5.97 Å². The molecule has 0 aliphatic carbocycles. The Balaban J connectivity index is 0.000000181. The summed E-state index contributed by atoms with van der Waals surface area (Å²) in [5, 5.41) is 17.5. The molecule has 25 heavy (non-hydrogen) atoms. The van der Waals surface area contributed by atoms with Gasteiger partial charge in [0, 0.05) is 18.4 Å². The lowest BCUT2D eigenvalue weighted by atomic mass is 10.1. The number of phenols is 1. The zero-order chi connectivity index (χ0) is 18.2. The lowest BCUT2D eigenvalue weighted by Crippen LogP contribution is -2.32. The van der Waals surface area contributed by atoms with Crippen molar-refractivity contribution < 1.29 is 15.0 Å². The molecule has 6 heteroatoms. The van der Waals surface area contributed by atoms with Crippen LogP contribution in [0.4, 0.5) is 0 Å². The zero-order valence-electron chi connectivity index (χ0n) is 14.4.